The Morgan fingerprint density at radius 2 is 1.73 bits per heavy atom. The second kappa shape index (κ2) is 11.9. The molecule has 2 fully saturated rings. The summed E-state index contributed by atoms with van der Waals surface area (Å²) >= 11 is 12.3. The van der Waals surface area contributed by atoms with E-state index in [1.165, 1.54) is 24.3 Å². The first-order chi connectivity index (χ1) is 18.9. The van der Waals surface area contributed by atoms with Crippen LogP contribution in [0.4, 0.5) is 14.5 Å². The van der Waals surface area contributed by atoms with Crippen LogP contribution in [-0.4, -0.2) is 78.1 Å². The number of benzene rings is 2. The van der Waals surface area contributed by atoms with Crippen molar-refractivity contribution < 1.29 is 23.5 Å². The number of anilines is 1. The van der Waals surface area contributed by atoms with Gasteiger partial charge in [-0.25, -0.2) is 8.78 Å². The molecule has 2 aromatic carbocycles. The maximum absolute atomic E-state index is 15.0. The third kappa shape index (κ3) is 5.69. The highest BCUT2D eigenvalue weighted by atomic mass is 35.5. The molecule has 3 heterocycles. The number of nitrogens with one attached hydrogen (secondary N) is 2. The summed E-state index contributed by atoms with van der Waals surface area (Å²) in [6.07, 6.45) is 0.490. The van der Waals surface area contributed by atoms with E-state index < -0.39 is 35.1 Å². The zero-order valence-electron chi connectivity index (χ0n) is 23.1. The lowest BCUT2D eigenvalue weighted by molar-refractivity contribution is -0.135. The maximum atomic E-state index is 15.0. The van der Waals surface area contributed by atoms with Gasteiger partial charge in [-0.2, -0.15) is 0 Å². The number of piperazine rings is 1. The molecule has 0 radical (unpaired) electrons. The summed E-state index contributed by atoms with van der Waals surface area (Å²) in [7, 11) is 0. The summed E-state index contributed by atoms with van der Waals surface area (Å²) in [6.45, 7) is 8.81. The van der Waals surface area contributed by atoms with E-state index in [1.54, 1.807) is 11.0 Å². The number of rotatable bonds is 5. The number of aliphatic hydroxyl groups excluding tert-OH is 1. The number of amides is 2. The standard InChI is InChI=1S/C29H34Cl2F2N4O3.ClH/c1-28(2,3)15-23-29(17-13-21(33)19(31)14-22(17)34-27(29)40)24(16-4-5-20(32)18(30)12-16)25(35-23)26(39)37-8-6-36(7-9-37)10-11-38;/h4-5,12-14,23-25,35,38H,6-11,15H2,1-3H3,(H,34,40);1H/t23-,24+,25-,29+;/m1./s1. The fraction of sp³-hybridized carbons (Fsp3) is 0.517. The van der Waals surface area contributed by atoms with E-state index in [9.17, 15) is 19.1 Å². The highest BCUT2D eigenvalue weighted by molar-refractivity contribution is 6.31. The summed E-state index contributed by atoms with van der Waals surface area (Å²) in [5.41, 5.74) is -0.354. The summed E-state index contributed by atoms with van der Waals surface area (Å²) in [5, 5.41) is 15.5. The quantitative estimate of drug-likeness (QED) is 0.450. The van der Waals surface area contributed by atoms with Crippen molar-refractivity contribution in [2.75, 3.05) is 44.6 Å². The van der Waals surface area contributed by atoms with Gasteiger partial charge in [0.25, 0.3) is 0 Å². The molecule has 41 heavy (non-hydrogen) atoms. The zero-order valence-corrected chi connectivity index (χ0v) is 25.5. The van der Waals surface area contributed by atoms with Crippen molar-refractivity contribution in [3.8, 4) is 0 Å². The van der Waals surface area contributed by atoms with Gasteiger partial charge >= 0.3 is 0 Å². The largest absolute Gasteiger partial charge is 0.395 e. The first kappa shape index (κ1) is 31.9. The van der Waals surface area contributed by atoms with E-state index in [2.05, 4.69) is 15.5 Å². The molecule has 3 N–H and O–H groups in total. The van der Waals surface area contributed by atoms with E-state index in [0.29, 0.717) is 56.0 Å². The van der Waals surface area contributed by atoms with Crippen LogP contribution in [0, 0.1) is 17.0 Å². The number of hydrogen-bond acceptors (Lipinski definition) is 5. The van der Waals surface area contributed by atoms with Crippen molar-refractivity contribution in [2.45, 2.75) is 50.6 Å². The first-order valence-electron chi connectivity index (χ1n) is 13.5. The molecule has 7 nitrogen and oxygen atoms in total. The van der Waals surface area contributed by atoms with Crippen LogP contribution >= 0.6 is 35.6 Å². The molecule has 4 atom stereocenters. The molecule has 12 heteroatoms. The number of nitrogens with zero attached hydrogens (tertiary/aromatic N) is 2. The lowest BCUT2D eigenvalue weighted by Crippen LogP contribution is -2.54. The van der Waals surface area contributed by atoms with Gasteiger partial charge in [0.05, 0.1) is 22.7 Å². The monoisotopic (exact) mass is 630 g/mol. The Morgan fingerprint density at radius 3 is 2.34 bits per heavy atom. The average molecular weight is 632 g/mol. The molecular formula is C29H35Cl3F2N4O3. The molecule has 0 bridgehead atoms. The van der Waals surface area contributed by atoms with Crippen molar-refractivity contribution in [3.63, 3.8) is 0 Å². The Hall–Kier alpha value is -2.01. The van der Waals surface area contributed by atoms with Crippen LogP contribution in [0.3, 0.4) is 0 Å². The SMILES string of the molecule is CC(C)(C)C[C@H]1N[C@@H](C(=O)N2CCN(CCO)CC2)[C@H](c2ccc(F)c(Cl)c2)[C@@]12C(=O)Nc1cc(Cl)c(F)cc12.Cl. The van der Waals surface area contributed by atoms with Crippen LogP contribution in [0.25, 0.3) is 0 Å². The number of fused-ring (bicyclic) bond motifs is 2. The van der Waals surface area contributed by atoms with Crippen LogP contribution in [-0.2, 0) is 15.0 Å². The van der Waals surface area contributed by atoms with E-state index in [4.69, 9.17) is 23.2 Å². The van der Waals surface area contributed by atoms with Gasteiger partial charge in [-0.05, 0) is 47.2 Å². The smallest absolute Gasteiger partial charge is 0.240 e. The third-order valence-electron chi connectivity index (χ3n) is 8.37. The van der Waals surface area contributed by atoms with Crippen molar-refractivity contribution in [2.24, 2.45) is 5.41 Å². The Morgan fingerprint density at radius 1 is 1.07 bits per heavy atom. The number of carbonyl (C=O) groups excluding carboxylic acids is 2. The summed E-state index contributed by atoms with van der Waals surface area (Å²) in [4.78, 5) is 32.3. The van der Waals surface area contributed by atoms with Gasteiger partial charge in [-0.15, -0.1) is 12.4 Å². The molecule has 0 saturated carbocycles. The highest BCUT2D eigenvalue weighted by Crippen LogP contribution is 2.57. The Labute approximate surface area is 255 Å². The molecule has 0 unspecified atom stereocenters. The van der Waals surface area contributed by atoms with Crippen LogP contribution in [0.15, 0.2) is 30.3 Å². The van der Waals surface area contributed by atoms with E-state index >= 15 is 4.39 Å². The minimum Gasteiger partial charge on any atom is -0.395 e. The highest BCUT2D eigenvalue weighted by Gasteiger charge is 2.66. The summed E-state index contributed by atoms with van der Waals surface area (Å²) in [5.74, 6) is -2.67. The van der Waals surface area contributed by atoms with Crippen molar-refractivity contribution >= 4 is 53.1 Å². The normalized spacial score (nSPS) is 26.2. The Kier molecular flexibility index (Phi) is 9.29. The van der Waals surface area contributed by atoms with Gasteiger partial charge in [-0.1, -0.05) is 50.0 Å². The van der Waals surface area contributed by atoms with E-state index in [-0.39, 0.29) is 46.3 Å². The van der Waals surface area contributed by atoms with Crippen molar-refractivity contribution in [3.05, 3.63) is 63.1 Å². The number of hydrogen-bond donors (Lipinski definition) is 3. The first-order valence-corrected chi connectivity index (χ1v) is 14.3. The lowest BCUT2D eigenvalue weighted by atomic mass is 9.62. The van der Waals surface area contributed by atoms with Crippen molar-refractivity contribution in [1.82, 2.24) is 15.1 Å². The summed E-state index contributed by atoms with van der Waals surface area (Å²) in [6, 6.07) is 5.49. The number of halogens is 5. The van der Waals surface area contributed by atoms with Gasteiger partial charge in [0.15, 0.2) is 0 Å². The average Bonchev–Trinajstić information content (AvgIpc) is 3.35. The molecule has 2 amide bonds. The molecule has 3 aliphatic heterocycles. The number of β-amino-alcohol motifs (C(OH)–C–C–N with tert-alkyl or cyclic N) is 1. The fourth-order valence-electron chi connectivity index (χ4n) is 6.66. The van der Waals surface area contributed by atoms with Gasteiger partial charge < -0.3 is 20.6 Å². The lowest BCUT2D eigenvalue weighted by Gasteiger charge is -2.39. The van der Waals surface area contributed by atoms with E-state index in [1.807, 2.05) is 20.8 Å². The molecule has 2 saturated heterocycles. The minimum atomic E-state index is -1.39. The van der Waals surface area contributed by atoms with Crippen LogP contribution in [0.2, 0.25) is 10.0 Å². The molecule has 0 aliphatic carbocycles. The molecule has 5 rings (SSSR count). The molecular weight excluding hydrogens is 597 g/mol. The molecule has 3 aliphatic rings. The topological polar surface area (TPSA) is 84.9 Å². The summed E-state index contributed by atoms with van der Waals surface area (Å²) < 4.78 is 29.4. The Balaban J connectivity index is 0.00000387. The Bertz CT molecular complexity index is 1330. The minimum absolute atomic E-state index is 0. The molecule has 0 aromatic heterocycles. The van der Waals surface area contributed by atoms with Crippen molar-refractivity contribution in [1.29, 1.82) is 0 Å². The predicted molar refractivity (Wildman–Crippen MR) is 158 cm³/mol. The number of aliphatic hydroxyl groups is 1. The number of carbonyl (C=O) groups is 2. The van der Waals surface area contributed by atoms with Gasteiger partial charge in [0.2, 0.25) is 11.8 Å². The van der Waals surface area contributed by atoms with Crippen LogP contribution in [0.1, 0.15) is 44.2 Å². The van der Waals surface area contributed by atoms with Crippen LogP contribution < -0.4 is 10.6 Å². The molecule has 224 valence electrons. The maximum Gasteiger partial charge on any atom is 0.240 e. The van der Waals surface area contributed by atoms with Gasteiger partial charge in [0, 0.05) is 50.4 Å². The molecule has 1 spiro atoms. The van der Waals surface area contributed by atoms with E-state index in [0.717, 1.165) is 0 Å². The fourth-order valence-corrected chi connectivity index (χ4v) is 7.01. The second-order valence-corrected chi connectivity index (χ2v) is 13.0. The third-order valence-corrected chi connectivity index (χ3v) is 8.95. The van der Waals surface area contributed by atoms with Gasteiger partial charge in [-0.3, -0.25) is 14.5 Å². The zero-order chi connectivity index (χ0) is 29.0. The molecule has 2 aromatic rings. The van der Waals surface area contributed by atoms with Gasteiger partial charge in [0.1, 0.15) is 17.0 Å². The van der Waals surface area contributed by atoms with Crippen LogP contribution in [0.5, 0.6) is 0 Å². The second-order valence-electron chi connectivity index (χ2n) is 12.1. The predicted octanol–water partition coefficient (Wildman–Crippen LogP) is 4.58.